The molecule has 3 nitrogen and oxygen atoms in total. The minimum Gasteiger partial charge on any atom is -0.396 e. The summed E-state index contributed by atoms with van der Waals surface area (Å²) < 4.78 is 10.8. The summed E-state index contributed by atoms with van der Waals surface area (Å²) in [7, 11) is -2.62. The molecule has 0 aliphatic heterocycles. The lowest BCUT2D eigenvalue weighted by Crippen LogP contribution is -2.06. The van der Waals surface area contributed by atoms with Crippen LogP contribution in [-0.2, 0) is 11.0 Å². The molecule has 1 aromatic rings. The second-order valence-corrected chi connectivity index (χ2v) is 3.58. The molecule has 1 rings (SSSR count). The molecule has 0 amide bonds. The van der Waals surface area contributed by atoms with Crippen LogP contribution >= 0.6 is 8.03 Å². The predicted molar refractivity (Wildman–Crippen MR) is 48.1 cm³/mol. The van der Waals surface area contributed by atoms with Crippen LogP contribution in [0, 0.1) is 0 Å². The van der Waals surface area contributed by atoms with Gasteiger partial charge in [-0.25, -0.2) is 0 Å². The van der Waals surface area contributed by atoms with Gasteiger partial charge in [0.25, 0.3) is 0 Å². The fourth-order valence-corrected chi connectivity index (χ4v) is 1.79. The Kier molecular flexibility index (Phi) is 3.48. The maximum atomic E-state index is 10.8. The van der Waals surface area contributed by atoms with Crippen molar-refractivity contribution in [3.63, 3.8) is 0 Å². The average Bonchev–Trinajstić information content (AvgIpc) is 2.05. The van der Waals surface area contributed by atoms with E-state index in [1.807, 2.05) is 0 Å². The highest BCUT2D eigenvalue weighted by Crippen LogP contribution is 2.15. The first-order valence-corrected chi connectivity index (χ1v) is 5.03. The van der Waals surface area contributed by atoms with Gasteiger partial charge >= 0.3 is 0 Å². The third-order valence-electron chi connectivity index (χ3n) is 1.63. The van der Waals surface area contributed by atoms with E-state index in [0.29, 0.717) is 11.7 Å². The normalized spacial score (nSPS) is 12.8. The number of hydrogen-bond donors (Lipinski definition) is 2. The first-order valence-electron chi connectivity index (χ1n) is 3.67. The molecule has 1 aromatic carbocycles. The van der Waals surface area contributed by atoms with Gasteiger partial charge in [-0.15, -0.1) is 0 Å². The Morgan fingerprint density at radius 3 is 2.58 bits per heavy atom. The van der Waals surface area contributed by atoms with Gasteiger partial charge in [-0.3, -0.25) is 4.57 Å². The molecule has 0 spiro atoms. The van der Waals surface area contributed by atoms with Gasteiger partial charge in [-0.1, -0.05) is 18.2 Å². The molecular weight excluding hydrogens is 175 g/mol. The number of aliphatic hydroxyl groups excluding tert-OH is 1. The Morgan fingerprint density at radius 1 is 1.33 bits per heavy atom. The molecule has 0 aliphatic carbocycles. The van der Waals surface area contributed by atoms with Crippen LogP contribution in [0.15, 0.2) is 24.3 Å². The summed E-state index contributed by atoms with van der Waals surface area (Å²) in [5.41, 5.74) is 0.756. The van der Waals surface area contributed by atoms with Gasteiger partial charge in [0, 0.05) is 11.9 Å². The molecule has 0 heterocycles. The minimum atomic E-state index is -2.62. The van der Waals surface area contributed by atoms with Crippen molar-refractivity contribution >= 4 is 13.3 Å². The van der Waals surface area contributed by atoms with Gasteiger partial charge in [0.1, 0.15) is 0 Å². The van der Waals surface area contributed by atoms with Gasteiger partial charge in [-0.2, -0.15) is 0 Å². The summed E-state index contributed by atoms with van der Waals surface area (Å²) in [6.07, 6.45) is 0.438. The van der Waals surface area contributed by atoms with Crippen molar-refractivity contribution in [1.29, 1.82) is 0 Å². The van der Waals surface area contributed by atoms with Crippen molar-refractivity contribution in [2.45, 2.75) is 6.42 Å². The SMILES string of the molecule is O=[PH](O)c1ccccc1CCO. The molecule has 0 fully saturated rings. The summed E-state index contributed by atoms with van der Waals surface area (Å²) in [6, 6.07) is 6.88. The highest BCUT2D eigenvalue weighted by molar-refractivity contribution is 7.47. The monoisotopic (exact) mass is 186 g/mol. The minimum absolute atomic E-state index is 0.00611. The van der Waals surface area contributed by atoms with E-state index in [1.165, 1.54) is 0 Å². The second kappa shape index (κ2) is 4.41. The van der Waals surface area contributed by atoms with Crippen molar-refractivity contribution in [2.24, 2.45) is 0 Å². The van der Waals surface area contributed by atoms with Crippen molar-refractivity contribution in [1.82, 2.24) is 0 Å². The van der Waals surface area contributed by atoms with Gasteiger partial charge in [0.15, 0.2) is 0 Å². The third kappa shape index (κ3) is 2.18. The molecular formula is C8H11O3P. The first-order chi connectivity index (χ1) is 5.75. The third-order valence-corrected chi connectivity index (χ3v) is 2.58. The van der Waals surface area contributed by atoms with Gasteiger partial charge in [0.2, 0.25) is 8.03 Å². The fourth-order valence-electron chi connectivity index (χ4n) is 1.07. The zero-order valence-electron chi connectivity index (χ0n) is 6.53. The van der Waals surface area contributed by atoms with Crippen LogP contribution in [0.3, 0.4) is 0 Å². The number of benzene rings is 1. The van der Waals surface area contributed by atoms with Crippen LogP contribution in [0.25, 0.3) is 0 Å². The molecule has 12 heavy (non-hydrogen) atoms. The Balaban J connectivity index is 3.00. The molecule has 4 heteroatoms. The van der Waals surface area contributed by atoms with Gasteiger partial charge in [0.05, 0.1) is 0 Å². The van der Waals surface area contributed by atoms with Crippen LogP contribution < -0.4 is 5.30 Å². The van der Waals surface area contributed by atoms with E-state index in [9.17, 15) is 4.57 Å². The zero-order valence-corrected chi connectivity index (χ0v) is 7.53. The first kappa shape index (κ1) is 9.46. The lowest BCUT2D eigenvalue weighted by atomic mass is 10.2. The predicted octanol–water partition coefficient (Wildman–Crippen LogP) is 0.314. The quantitative estimate of drug-likeness (QED) is 0.668. The lowest BCUT2D eigenvalue weighted by Gasteiger charge is -2.03. The number of hydrogen-bond acceptors (Lipinski definition) is 2. The maximum Gasteiger partial charge on any atom is 0.218 e. The molecule has 1 atom stereocenters. The Hall–Kier alpha value is -0.630. The summed E-state index contributed by atoms with van der Waals surface area (Å²) in [6.45, 7) is 0.00611. The van der Waals surface area contributed by atoms with Crippen LogP contribution in [-0.4, -0.2) is 16.6 Å². The summed E-state index contributed by atoms with van der Waals surface area (Å²) in [5, 5.41) is 9.11. The zero-order chi connectivity index (χ0) is 8.97. The molecule has 2 N–H and O–H groups in total. The Labute approximate surface area is 71.5 Å². The summed E-state index contributed by atoms with van der Waals surface area (Å²) >= 11 is 0. The fraction of sp³-hybridized carbons (Fsp3) is 0.250. The lowest BCUT2D eigenvalue weighted by molar-refractivity contribution is 0.300. The Bertz CT molecular complexity index is 285. The van der Waals surface area contributed by atoms with Crippen molar-refractivity contribution in [2.75, 3.05) is 6.61 Å². The molecule has 66 valence electrons. The molecule has 0 aliphatic rings. The van der Waals surface area contributed by atoms with Crippen molar-refractivity contribution in [3.05, 3.63) is 29.8 Å². The molecule has 0 bridgehead atoms. The topological polar surface area (TPSA) is 57.5 Å². The standard InChI is InChI=1S/C8H11O3P/c9-6-5-7-3-1-2-4-8(7)12(10)11/h1-4,9,12H,5-6H2,(H,10,11). The second-order valence-electron chi connectivity index (χ2n) is 2.44. The highest BCUT2D eigenvalue weighted by atomic mass is 31.1. The number of rotatable bonds is 3. The van der Waals surface area contributed by atoms with Gasteiger partial charge < -0.3 is 10.00 Å². The van der Waals surface area contributed by atoms with Crippen LogP contribution in [0.5, 0.6) is 0 Å². The summed E-state index contributed by atoms with van der Waals surface area (Å²) in [4.78, 5) is 8.90. The van der Waals surface area contributed by atoms with E-state index in [0.717, 1.165) is 5.56 Å². The number of aliphatic hydroxyl groups is 1. The average molecular weight is 186 g/mol. The molecule has 1 unspecified atom stereocenters. The van der Waals surface area contributed by atoms with E-state index < -0.39 is 8.03 Å². The summed E-state index contributed by atoms with van der Waals surface area (Å²) in [5.74, 6) is 0. The maximum absolute atomic E-state index is 10.8. The van der Waals surface area contributed by atoms with Crippen LogP contribution in [0.1, 0.15) is 5.56 Å². The smallest absolute Gasteiger partial charge is 0.218 e. The van der Waals surface area contributed by atoms with E-state index in [2.05, 4.69) is 0 Å². The molecule has 0 saturated carbocycles. The van der Waals surface area contributed by atoms with E-state index in [1.54, 1.807) is 24.3 Å². The highest BCUT2D eigenvalue weighted by Gasteiger charge is 2.04. The Morgan fingerprint density at radius 2 is 2.00 bits per heavy atom. The van der Waals surface area contributed by atoms with Gasteiger partial charge in [-0.05, 0) is 18.1 Å². The van der Waals surface area contributed by atoms with E-state index >= 15 is 0 Å². The largest absolute Gasteiger partial charge is 0.396 e. The van der Waals surface area contributed by atoms with E-state index in [4.69, 9.17) is 10.00 Å². The van der Waals surface area contributed by atoms with Crippen LogP contribution in [0.2, 0.25) is 0 Å². The van der Waals surface area contributed by atoms with Crippen molar-refractivity contribution in [3.8, 4) is 0 Å². The molecule has 0 saturated heterocycles. The molecule has 0 aromatic heterocycles. The van der Waals surface area contributed by atoms with Crippen molar-refractivity contribution < 1.29 is 14.6 Å². The van der Waals surface area contributed by atoms with Crippen LogP contribution in [0.4, 0.5) is 0 Å². The molecule has 0 radical (unpaired) electrons. The van der Waals surface area contributed by atoms with E-state index in [-0.39, 0.29) is 6.61 Å².